The van der Waals surface area contributed by atoms with Crippen LogP contribution in [0.1, 0.15) is 36.4 Å². The van der Waals surface area contributed by atoms with Crippen molar-refractivity contribution in [1.82, 2.24) is 15.0 Å². The average molecular weight is 534 g/mol. The van der Waals surface area contributed by atoms with Crippen LogP contribution in [-0.4, -0.2) is 44.0 Å². The van der Waals surface area contributed by atoms with Crippen molar-refractivity contribution < 1.29 is 32.6 Å². The predicted molar refractivity (Wildman–Crippen MR) is 136 cm³/mol. The first-order chi connectivity index (χ1) is 18.7. The molecule has 0 saturated carbocycles. The summed E-state index contributed by atoms with van der Waals surface area (Å²) < 4.78 is 41.8. The Morgan fingerprint density at radius 1 is 0.897 bits per heavy atom. The molecule has 1 aliphatic heterocycles. The molecule has 2 heterocycles. The standard InChI is InChI=1S/C28H21F3N4O4/c29-28(30,31)39-21-3-1-2-19(14-21)17-4-6-18(7-5-17)23-16-25(35(34-23)26(36)10-11-27(37)38)20-8-9-22-24(15-20)33-13-12-32-22/h1-9,12-15,25H,10-11,16H2,(H,37,38). The molecule has 0 aliphatic carbocycles. The number of aliphatic carboxylic acids is 1. The van der Waals surface area contributed by atoms with E-state index in [-0.39, 0.29) is 18.6 Å². The number of nitrogens with zero attached hydrogens (tertiary/aromatic N) is 4. The van der Waals surface area contributed by atoms with Crippen molar-refractivity contribution in [2.45, 2.75) is 31.7 Å². The lowest BCUT2D eigenvalue weighted by Gasteiger charge is -2.22. The molecule has 1 aromatic heterocycles. The van der Waals surface area contributed by atoms with Gasteiger partial charge in [-0.15, -0.1) is 13.2 Å². The Morgan fingerprint density at radius 2 is 1.62 bits per heavy atom. The lowest BCUT2D eigenvalue weighted by atomic mass is 9.96. The number of hydrogen-bond donors (Lipinski definition) is 1. The van der Waals surface area contributed by atoms with Gasteiger partial charge in [-0.25, -0.2) is 5.01 Å². The van der Waals surface area contributed by atoms with E-state index >= 15 is 0 Å². The maximum atomic E-state index is 13.0. The minimum Gasteiger partial charge on any atom is -0.481 e. The number of carbonyl (C=O) groups excluding carboxylic acids is 1. The quantitative estimate of drug-likeness (QED) is 0.324. The number of benzene rings is 3. The number of carbonyl (C=O) groups is 2. The van der Waals surface area contributed by atoms with E-state index in [9.17, 15) is 22.8 Å². The summed E-state index contributed by atoms with van der Waals surface area (Å²) in [4.78, 5) is 32.6. The number of hydrazone groups is 1. The Bertz CT molecular complexity index is 1570. The summed E-state index contributed by atoms with van der Waals surface area (Å²) in [5.41, 5.74) is 4.68. The third kappa shape index (κ3) is 6.03. The number of carboxylic acids is 1. The second-order valence-corrected chi connectivity index (χ2v) is 8.86. The summed E-state index contributed by atoms with van der Waals surface area (Å²) in [5.74, 6) is -1.82. The van der Waals surface area contributed by atoms with Crippen LogP contribution in [0.4, 0.5) is 13.2 Å². The predicted octanol–water partition coefficient (Wildman–Crippen LogP) is 5.74. The van der Waals surface area contributed by atoms with Crippen LogP contribution in [0.5, 0.6) is 5.75 Å². The highest BCUT2D eigenvalue weighted by Crippen LogP contribution is 2.35. The Morgan fingerprint density at radius 3 is 2.33 bits per heavy atom. The van der Waals surface area contributed by atoms with Gasteiger partial charge in [-0.3, -0.25) is 19.6 Å². The summed E-state index contributed by atoms with van der Waals surface area (Å²) in [6, 6.07) is 17.8. The van der Waals surface area contributed by atoms with E-state index in [1.54, 1.807) is 48.8 Å². The first-order valence-corrected chi connectivity index (χ1v) is 11.9. The lowest BCUT2D eigenvalue weighted by molar-refractivity contribution is -0.274. The van der Waals surface area contributed by atoms with Gasteiger partial charge in [0.2, 0.25) is 5.91 Å². The Labute approximate surface area is 220 Å². The largest absolute Gasteiger partial charge is 0.573 e. The molecule has 0 fully saturated rings. The number of carboxylic acid groups (broad SMARTS) is 1. The smallest absolute Gasteiger partial charge is 0.481 e. The highest BCUT2D eigenvalue weighted by molar-refractivity contribution is 6.03. The number of rotatable bonds is 7. The summed E-state index contributed by atoms with van der Waals surface area (Å²) in [7, 11) is 0. The summed E-state index contributed by atoms with van der Waals surface area (Å²) in [5, 5.41) is 14.9. The molecule has 1 aliphatic rings. The Kier molecular flexibility index (Phi) is 6.97. The molecule has 5 rings (SSSR count). The maximum absolute atomic E-state index is 13.0. The van der Waals surface area contributed by atoms with Gasteiger partial charge in [0.25, 0.3) is 0 Å². The van der Waals surface area contributed by atoms with E-state index in [0.29, 0.717) is 34.3 Å². The Hall–Kier alpha value is -4.80. The summed E-state index contributed by atoms with van der Waals surface area (Å²) in [6.07, 6.45) is -1.77. The van der Waals surface area contributed by atoms with Crippen molar-refractivity contribution in [2.75, 3.05) is 0 Å². The van der Waals surface area contributed by atoms with Crippen molar-refractivity contribution in [1.29, 1.82) is 0 Å². The molecule has 39 heavy (non-hydrogen) atoms. The summed E-state index contributed by atoms with van der Waals surface area (Å²) in [6.45, 7) is 0. The lowest BCUT2D eigenvalue weighted by Crippen LogP contribution is -2.27. The molecule has 0 bridgehead atoms. The molecule has 4 aromatic rings. The van der Waals surface area contributed by atoms with Crippen LogP contribution in [0.25, 0.3) is 22.2 Å². The van der Waals surface area contributed by atoms with Crippen molar-refractivity contribution in [3.05, 3.63) is 90.3 Å². The normalized spacial score (nSPS) is 15.3. The molecule has 1 N–H and O–H groups in total. The van der Waals surface area contributed by atoms with E-state index in [1.807, 2.05) is 12.1 Å². The highest BCUT2D eigenvalue weighted by Gasteiger charge is 2.33. The Balaban J connectivity index is 1.42. The number of hydrogen-bond acceptors (Lipinski definition) is 6. The third-order valence-corrected chi connectivity index (χ3v) is 6.22. The van der Waals surface area contributed by atoms with E-state index in [4.69, 9.17) is 5.11 Å². The van der Waals surface area contributed by atoms with Crippen molar-refractivity contribution >= 4 is 28.6 Å². The SMILES string of the molecule is O=C(O)CCC(=O)N1N=C(c2ccc(-c3cccc(OC(F)(F)F)c3)cc2)CC1c1ccc2nccnc2c1. The fourth-order valence-corrected chi connectivity index (χ4v) is 4.42. The molecular weight excluding hydrogens is 513 g/mol. The van der Waals surface area contributed by atoms with E-state index in [1.165, 1.54) is 23.2 Å². The van der Waals surface area contributed by atoms with E-state index < -0.39 is 24.3 Å². The first kappa shape index (κ1) is 25.8. The van der Waals surface area contributed by atoms with Gasteiger partial charge in [0.05, 0.1) is 29.2 Å². The molecule has 11 heteroatoms. The van der Waals surface area contributed by atoms with Crippen LogP contribution in [0.15, 0.2) is 84.2 Å². The fourth-order valence-electron chi connectivity index (χ4n) is 4.42. The van der Waals surface area contributed by atoms with Gasteiger partial charge in [-0.05, 0) is 46.5 Å². The molecule has 1 unspecified atom stereocenters. The monoisotopic (exact) mass is 534 g/mol. The molecule has 1 amide bonds. The van der Waals surface area contributed by atoms with Gasteiger partial charge in [-0.1, -0.05) is 42.5 Å². The zero-order chi connectivity index (χ0) is 27.6. The van der Waals surface area contributed by atoms with Gasteiger partial charge in [0.1, 0.15) is 5.75 Å². The molecule has 0 spiro atoms. The van der Waals surface area contributed by atoms with Crippen LogP contribution in [0, 0.1) is 0 Å². The van der Waals surface area contributed by atoms with Gasteiger partial charge >= 0.3 is 12.3 Å². The molecule has 0 saturated heterocycles. The minimum atomic E-state index is -4.79. The van der Waals surface area contributed by atoms with Gasteiger partial charge in [-0.2, -0.15) is 5.10 Å². The first-order valence-electron chi connectivity index (χ1n) is 11.9. The molecule has 8 nitrogen and oxygen atoms in total. The second kappa shape index (κ2) is 10.5. The molecule has 198 valence electrons. The van der Waals surface area contributed by atoms with Gasteiger partial charge in [0, 0.05) is 25.2 Å². The van der Waals surface area contributed by atoms with Gasteiger partial charge in [0.15, 0.2) is 0 Å². The number of halogens is 3. The molecule has 1 atom stereocenters. The van der Waals surface area contributed by atoms with E-state index in [0.717, 1.165) is 11.1 Å². The van der Waals surface area contributed by atoms with Crippen molar-refractivity contribution in [3.8, 4) is 16.9 Å². The summed E-state index contributed by atoms with van der Waals surface area (Å²) >= 11 is 0. The third-order valence-electron chi connectivity index (χ3n) is 6.22. The average Bonchev–Trinajstić information content (AvgIpc) is 3.36. The zero-order valence-corrected chi connectivity index (χ0v) is 20.3. The topological polar surface area (TPSA) is 105 Å². The fraction of sp³-hybridized carbons (Fsp3) is 0.179. The van der Waals surface area contributed by atoms with Crippen LogP contribution >= 0.6 is 0 Å². The minimum absolute atomic E-state index is 0.203. The highest BCUT2D eigenvalue weighted by atomic mass is 19.4. The van der Waals surface area contributed by atoms with Crippen LogP contribution in [-0.2, 0) is 9.59 Å². The van der Waals surface area contributed by atoms with Crippen LogP contribution in [0.3, 0.4) is 0 Å². The van der Waals surface area contributed by atoms with E-state index in [2.05, 4.69) is 19.8 Å². The maximum Gasteiger partial charge on any atom is 0.573 e. The van der Waals surface area contributed by atoms with Crippen molar-refractivity contribution in [2.24, 2.45) is 5.10 Å². The number of fused-ring (bicyclic) bond motifs is 1. The van der Waals surface area contributed by atoms with Crippen molar-refractivity contribution in [3.63, 3.8) is 0 Å². The van der Waals surface area contributed by atoms with Gasteiger partial charge < -0.3 is 9.84 Å². The van der Waals surface area contributed by atoms with Crippen LogP contribution < -0.4 is 4.74 Å². The number of aromatic nitrogens is 2. The number of alkyl halides is 3. The number of ether oxygens (including phenoxy) is 1. The molecule has 3 aromatic carbocycles. The molecule has 0 radical (unpaired) electrons. The van der Waals surface area contributed by atoms with Crippen LogP contribution in [0.2, 0.25) is 0 Å². The number of amides is 1. The second-order valence-electron chi connectivity index (χ2n) is 8.86. The zero-order valence-electron chi connectivity index (χ0n) is 20.3. The molecular formula is C28H21F3N4O4.